The largest absolute Gasteiger partial charge is 0.337 e. The van der Waals surface area contributed by atoms with Crippen LogP contribution in [0.1, 0.15) is 0 Å². The van der Waals surface area contributed by atoms with Crippen LogP contribution in [0.15, 0.2) is 30.5 Å². The third kappa shape index (κ3) is 3.30. The summed E-state index contributed by atoms with van der Waals surface area (Å²) < 4.78 is 23.3. The minimum atomic E-state index is -2.74. The summed E-state index contributed by atoms with van der Waals surface area (Å²) in [6, 6.07) is 6.85. The lowest BCUT2D eigenvalue weighted by molar-refractivity contribution is 0.613. The normalized spacial score (nSPS) is 10.6. The first-order valence-corrected chi connectivity index (χ1v) is 7.30. The molecule has 9 heteroatoms. The van der Waals surface area contributed by atoms with Crippen molar-refractivity contribution in [3.05, 3.63) is 40.8 Å². The Bertz CT molecular complexity index is 701. The van der Waals surface area contributed by atoms with Crippen LogP contribution in [0.4, 0.5) is 17.2 Å². The molecule has 0 radical (unpaired) electrons. The highest BCUT2D eigenvalue weighted by atomic mass is 35.5. The first kappa shape index (κ1) is 14.8. The number of nitrogens with zero attached hydrogens (tertiary/aromatic N) is 3. The second kappa shape index (κ2) is 6.25. The monoisotopic (exact) mass is 332 g/mol. The zero-order valence-electron chi connectivity index (χ0n) is 10.2. The smallest absolute Gasteiger partial charge is 0.224 e. The van der Waals surface area contributed by atoms with Crippen LogP contribution in [-0.4, -0.2) is 25.4 Å². The van der Waals surface area contributed by atoms with Crippen molar-refractivity contribution in [3.8, 4) is 0 Å². The third-order valence-corrected chi connectivity index (χ3v) is 3.63. The molecule has 1 aromatic carbocycles. The number of halogens is 2. The van der Waals surface area contributed by atoms with E-state index >= 15 is 0 Å². The first-order chi connectivity index (χ1) is 9.49. The minimum absolute atomic E-state index is 0.0395. The van der Waals surface area contributed by atoms with Gasteiger partial charge in [-0.1, -0.05) is 23.7 Å². The van der Waals surface area contributed by atoms with Crippen molar-refractivity contribution in [1.82, 2.24) is 9.97 Å². The van der Waals surface area contributed by atoms with Gasteiger partial charge in [-0.3, -0.25) is 4.31 Å². The van der Waals surface area contributed by atoms with E-state index < -0.39 is 10.9 Å². The molecule has 0 saturated carbocycles. The van der Waals surface area contributed by atoms with Gasteiger partial charge in [0.25, 0.3) is 0 Å². The Morgan fingerprint density at radius 3 is 2.65 bits per heavy atom. The molecule has 2 rings (SSSR count). The molecule has 0 atom stereocenters. The van der Waals surface area contributed by atoms with Crippen LogP contribution in [0.3, 0.4) is 0 Å². The lowest BCUT2D eigenvalue weighted by atomic mass is 10.2. The van der Waals surface area contributed by atoms with Crippen molar-refractivity contribution >= 4 is 51.3 Å². The Morgan fingerprint density at radius 2 is 1.95 bits per heavy atom. The highest BCUT2D eigenvalue weighted by molar-refractivity contribution is 7.74. The summed E-state index contributed by atoms with van der Waals surface area (Å²) in [5.74, 6) is 0.300. The minimum Gasteiger partial charge on any atom is -0.337 e. The molecule has 0 saturated heterocycles. The maximum absolute atomic E-state index is 11.1. The van der Waals surface area contributed by atoms with E-state index in [1.165, 1.54) is 13.2 Å². The van der Waals surface area contributed by atoms with E-state index in [0.717, 1.165) is 4.31 Å². The molecule has 1 heterocycles. The number of anilines is 3. The standard InChI is InChI=1S/C11H10Cl2N4O2S/c1-17(20(18)19)9-5-3-2-4-8(9)15-10-7(12)6-14-11(13)16-10/h2-6,20H,1H3,(H,14,15,16). The molecule has 0 unspecified atom stereocenters. The molecule has 0 aliphatic heterocycles. The van der Waals surface area contributed by atoms with E-state index in [9.17, 15) is 8.42 Å². The fourth-order valence-electron chi connectivity index (χ4n) is 1.51. The Balaban J connectivity index is 2.41. The van der Waals surface area contributed by atoms with Crippen LogP contribution in [0.2, 0.25) is 10.3 Å². The van der Waals surface area contributed by atoms with Gasteiger partial charge in [-0.05, 0) is 23.7 Å². The molecule has 0 aliphatic carbocycles. The average Bonchev–Trinajstić information content (AvgIpc) is 2.42. The molecule has 1 aromatic heterocycles. The molecule has 0 aliphatic rings. The summed E-state index contributed by atoms with van der Waals surface area (Å²) in [6.07, 6.45) is 1.36. The number of rotatable bonds is 4. The van der Waals surface area contributed by atoms with Crippen molar-refractivity contribution in [2.24, 2.45) is 0 Å². The predicted octanol–water partition coefficient (Wildman–Crippen LogP) is 2.49. The number of thiol groups is 1. The summed E-state index contributed by atoms with van der Waals surface area (Å²) in [5, 5.41) is 3.26. The van der Waals surface area contributed by atoms with Gasteiger partial charge in [0.2, 0.25) is 16.2 Å². The van der Waals surface area contributed by atoms with E-state index in [0.29, 0.717) is 17.2 Å². The number of hydrogen-bond donors (Lipinski definition) is 2. The molecule has 1 N–H and O–H groups in total. The van der Waals surface area contributed by atoms with E-state index in [2.05, 4.69) is 15.3 Å². The third-order valence-electron chi connectivity index (χ3n) is 2.47. The zero-order valence-corrected chi connectivity index (χ0v) is 12.7. The van der Waals surface area contributed by atoms with Crippen LogP contribution in [-0.2, 0) is 10.9 Å². The summed E-state index contributed by atoms with van der Waals surface area (Å²) in [7, 11) is -1.30. The van der Waals surface area contributed by atoms with E-state index in [-0.39, 0.29) is 10.3 Å². The van der Waals surface area contributed by atoms with Crippen LogP contribution in [0.5, 0.6) is 0 Å². The van der Waals surface area contributed by atoms with Gasteiger partial charge in [-0.25, -0.2) is 13.4 Å². The summed E-state index contributed by atoms with van der Waals surface area (Å²) in [4.78, 5) is 7.70. The van der Waals surface area contributed by atoms with Gasteiger partial charge in [0.05, 0.1) is 17.6 Å². The molecule has 0 amide bonds. The van der Waals surface area contributed by atoms with Crippen molar-refractivity contribution in [2.45, 2.75) is 0 Å². The molecule has 2 aromatic rings. The number of aromatic nitrogens is 2. The maximum atomic E-state index is 11.1. The molecule has 0 fully saturated rings. The van der Waals surface area contributed by atoms with Gasteiger partial charge in [0.1, 0.15) is 5.02 Å². The lowest BCUT2D eigenvalue weighted by Gasteiger charge is -2.17. The number of nitrogens with one attached hydrogen (secondary N) is 1. The van der Waals surface area contributed by atoms with Gasteiger partial charge in [-0.15, -0.1) is 0 Å². The fraction of sp³-hybridized carbons (Fsp3) is 0.0909. The second-order valence-corrected chi connectivity index (χ2v) is 5.56. The Labute approximate surface area is 127 Å². The van der Waals surface area contributed by atoms with Gasteiger partial charge >= 0.3 is 0 Å². The summed E-state index contributed by atoms with van der Waals surface area (Å²) in [5.41, 5.74) is 1.00. The first-order valence-electron chi connectivity index (χ1n) is 5.41. The average molecular weight is 333 g/mol. The van der Waals surface area contributed by atoms with Gasteiger partial charge in [-0.2, -0.15) is 4.98 Å². The van der Waals surface area contributed by atoms with Crippen molar-refractivity contribution in [1.29, 1.82) is 0 Å². The molecular formula is C11H10Cl2N4O2S. The summed E-state index contributed by atoms with van der Waals surface area (Å²) in [6.45, 7) is 0. The highest BCUT2D eigenvalue weighted by Gasteiger charge is 2.11. The van der Waals surface area contributed by atoms with Crippen LogP contribution < -0.4 is 9.62 Å². The van der Waals surface area contributed by atoms with Crippen molar-refractivity contribution < 1.29 is 8.42 Å². The zero-order chi connectivity index (χ0) is 14.7. The van der Waals surface area contributed by atoms with E-state index in [1.54, 1.807) is 24.3 Å². The highest BCUT2D eigenvalue weighted by Crippen LogP contribution is 2.30. The van der Waals surface area contributed by atoms with Crippen LogP contribution in [0.25, 0.3) is 0 Å². The molecule has 6 nitrogen and oxygen atoms in total. The predicted molar refractivity (Wildman–Crippen MR) is 80.5 cm³/mol. The SMILES string of the molecule is CN(c1ccccc1Nc1nc(Cl)ncc1Cl)[SH](=O)=O. The van der Waals surface area contributed by atoms with Crippen LogP contribution in [0, 0.1) is 0 Å². The van der Waals surface area contributed by atoms with Crippen molar-refractivity contribution in [3.63, 3.8) is 0 Å². The molecule has 0 bridgehead atoms. The fourth-order valence-corrected chi connectivity index (χ4v) is 2.13. The van der Waals surface area contributed by atoms with E-state index in [4.69, 9.17) is 23.2 Å². The van der Waals surface area contributed by atoms with Gasteiger partial charge in [0, 0.05) is 7.05 Å². The lowest BCUT2D eigenvalue weighted by Crippen LogP contribution is -2.15. The Kier molecular flexibility index (Phi) is 4.64. The molecule has 0 spiro atoms. The number of para-hydroxylation sites is 2. The second-order valence-electron chi connectivity index (χ2n) is 3.74. The topological polar surface area (TPSA) is 75.2 Å². The van der Waals surface area contributed by atoms with E-state index in [1.807, 2.05) is 0 Å². The quantitative estimate of drug-likeness (QED) is 0.664. The maximum Gasteiger partial charge on any atom is 0.224 e. The number of benzene rings is 1. The van der Waals surface area contributed by atoms with Gasteiger partial charge < -0.3 is 5.32 Å². The Hall–Kier alpha value is -1.57. The van der Waals surface area contributed by atoms with Gasteiger partial charge in [0.15, 0.2) is 5.82 Å². The summed E-state index contributed by atoms with van der Waals surface area (Å²) >= 11 is 11.7. The molecular weight excluding hydrogens is 323 g/mol. The van der Waals surface area contributed by atoms with Crippen molar-refractivity contribution in [2.75, 3.05) is 16.7 Å². The molecule has 20 heavy (non-hydrogen) atoms. The number of hydrogen-bond acceptors (Lipinski definition) is 5. The van der Waals surface area contributed by atoms with Crippen LogP contribution >= 0.6 is 23.2 Å². The molecule has 106 valence electrons. The Morgan fingerprint density at radius 1 is 1.25 bits per heavy atom.